The molecule has 1 N–H and O–H groups in total. The number of rotatable bonds is 4. The van der Waals surface area contributed by atoms with Crippen molar-refractivity contribution in [3.05, 3.63) is 68.7 Å². The first-order valence-electron chi connectivity index (χ1n) is 6.58. The van der Waals surface area contributed by atoms with Crippen molar-refractivity contribution in [2.45, 2.75) is 19.9 Å². The molecule has 0 heterocycles. The largest absolute Gasteiger partial charge is 0.306 e. The summed E-state index contributed by atoms with van der Waals surface area (Å²) in [5.41, 5.74) is 1.05. The molecular weight excluding hydrogens is 315 g/mol. The Bertz CT molecular complexity index is 659. The molecule has 1 atom stereocenters. The number of halogens is 4. The lowest BCUT2D eigenvalue weighted by Gasteiger charge is -2.21. The Labute approximate surface area is 132 Å². The van der Waals surface area contributed by atoms with Crippen LogP contribution in [0.2, 0.25) is 10.0 Å². The smallest absolute Gasteiger partial charge is 0.134 e. The average molecular weight is 330 g/mol. The first-order chi connectivity index (χ1) is 9.95. The number of benzene rings is 2. The molecule has 0 aliphatic heterocycles. The van der Waals surface area contributed by atoms with Gasteiger partial charge in [-0.05, 0) is 42.8 Å². The van der Waals surface area contributed by atoms with Crippen molar-refractivity contribution in [3.63, 3.8) is 0 Å². The maximum Gasteiger partial charge on any atom is 0.134 e. The van der Waals surface area contributed by atoms with E-state index < -0.39 is 17.7 Å². The molecule has 0 aliphatic carbocycles. The Kier molecular flexibility index (Phi) is 5.20. The molecule has 0 saturated heterocycles. The van der Waals surface area contributed by atoms with Crippen LogP contribution in [0.3, 0.4) is 0 Å². The quantitative estimate of drug-likeness (QED) is 0.804. The van der Waals surface area contributed by atoms with Crippen molar-refractivity contribution in [1.82, 2.24) is 5.32 Å². The van der Waals surface area contributed by atoms with Gasteiger partial charge in [-0.15, -0.1) is 0 Å². The standard InChI is InChI=1S/C16H15Cl2F2N/c1-3-21-16(10-5-6-11(17)12(18)8-10)14-13(19)7-4-9(2)15(14)20/h4-8,16,21H,3H2,1-2H3. The summed E-state index contributed by atoms with van der Waals surface area (Å²) in [6.07, 6.45) is 0. The highest BCUT2D eigenvalue weighted by Gasteiger charge is 2.23. The Hall–Kier alpha value is -1.16. The van der Waals surface area contributed by atoms with Gasteiger partial charge in [0.1, 0.15) is 11.6 Å². The maximum absolute atomic E-state index is 14.4. The van der Waals surface area contributed by atoms with Crippen molar-refractivity contribution in [2.24, 2.45) is 0 Å². The predicted molar refractivity (Wildman–Crippen MR) is 83.1 cm³/mol. The number of hydrogen-bond acceptors (Lipinski definition) is 1. The van der Waals surface area contributed by atoms with Crippen molar-refractivity contribution >= 4 is 23.2 Å². The Balaban J connectivity index is 2.58. The third-order valence-corrected chi connectivity index (χ3v) is 4.03. The molecule has 5 heteroatoms. The molecule has 0 amide bonds. The van der Waals surface area contributed by atoms with E-state index in [1.807, 2.05) is 6.92 Å². The molecule has 0 radical (unpaired) electrons. The van der Waals surface area contributed by atoms with Gasteiger partial charge >= 0.3 is 0 Å². The highest BCUT2D eigenvalue weighted by Crippen LogP contribution is 2.32. The summed E-state index contributed by atoms with van der Waals surface area (Å²) in [5, 5.41) is 3.84. The summed E-state index contributed by atoms with van der Waals surface area (Å²) >= 11 is 11.9. The second kappa shape index (κ2) is 6.73. The number of hydrogen-bond donors (Lipinski definition) is 1. The summed E-state index contributed by atoms with van der Waals surface area (Å²) in [7, 11) is 0. The number of nitrogens with one attached hydrogen (secondary N) is 1. The topological polar surface area (TPSA) is 12.0 Å². The second-order valence-corrected chi connectivity index (χ2v) is 5.57. The minimum absolute atomic E-state index is 0.00441. The van der Waals surface area contributed by atoms with Crippen molar-refractivity contribution < 1.29 is 8.78 Å². The molecule has 2 rings (SSSR count). The molecule has 0 fully saturated rings. The average Bonchev–Trinajstić information content (AvgIpc) is 2.45. The Morgan fingerprint density at radius 3 is 2.43 bits per heavy atom. The Morgan fingerprint density at radius 2 is 1.81 bits per heavy atom. The van der Waals surface area contributed by atoms with Gasteiger partial charge in [0.05, 0.1) is 16.1 Å². The highest BCUT2D eigenvalue weighted by atomic mass is 35.5. The summed E-state index contributed by atoms with van der Waals surface area (Å²) < 4.78 is 28.5. The predicted octanol–water partition coefficient (Wildman–Crippen LogP) is 5.28. The summed E-state index contributed by atoms with van der Waals surface area (Å²) in [6.45, 7) is 4.03. The van der Waals surface area contributed by atoms with E-state index in [1.165, 1.54) is 12.1 Å². The molecule has 1 unspecified atom stereocenters. The Morgan fingerprint density at radius 1 is 1.10 bits per heavy atom. The fourth-order valence-electron chi connectivity index (χ4n) is 2.23. The maximum atomic E-state index is 14.4. The monoisotopic (exact) mass is 329 g/mol. The zero-order valence-electron chi connectivity index (χ0n) is 11.7. The van der Waals surface area contributed by atoms with Crippen LogP contribution in [-0.2, 0) is 0 Å². The zero-order chi connectivity index (χ0) is 15.6. The van der Waals surface area contributed by atoms with E-state index in [0.717, 1.165) is 0 Å². The van der Waals surface area contributed by atoms with E-state index in [0.29, 0.717) is 27.7 Å². The van der Waals surface area contributed by atoms with Gasteiger partial charge in [-0.1, -0.05) is 42.3 Å². The molecule has 112 valence electrons. The minimum atomic E-state index is -0.621. The molecule has 0 aromatic heterocycles. The SMILES string of the molecule is CCNC(c1ccc(Cl)c(Cl)c1)c1c(F)ccc(C)c1F. The summed E-state index contributed by atoms with van der Waals surface area (Å²) in [4.78, 5) is 0. The first kappa shape index (κ1) is 16.2. The van der Waals surface area contributed by atoms with Crippen LogP contribution in [0.5, 0.6) is 0 Å². The van der Waals surface area contributed by atoms with Crippen LogP contribution >= 0.6 is 23.2 Å². The molecule has 0 aliphatic rings. The third kappa shape index (κ3) is 3.37. The fourth-order valence-corrected chi connectivity index (χ4v) is 2.53. The van der Waals surface area contributed by atoms with Crippen LogP contribution < -0.4 is 5.32 Å². The van der Waals surface area contributed by atoms with Crippen LogP contribution in [0.25, 0.3) is 0 Å². The molecule has 1 nitrogen and oxygen atoms in total. The van der Waals surface area contributed by atoms with E-state index in [4.69, 9.17) is 23.2 Å². The van der Waals surface area contributed by atoms with Crippen molar-refractivity contribution in [2.75, 3.05) is 6.54 Å². The van der Waals surface area contributed by atoms with E-state index in [9.17, 15) is 8.78 Å². The summed E-state index contributed by atoms with van der Waals surface area (Å²) in [5.74, 6) is -1.14. The van der Waals surface area contributed by atoms with Crippen LogP contribution in [0.4, 0.5) is 8.78 Å². The highest BCUT2D eigenvalue weighted by molar-refractivity contribution is 6.42. The molecule has 0 spiro atoms. The van der Waals surface area contributed by atoms with Gasteiger partial charge in [0.25, 0.3) is 0 Å². The van der Waals surface area contributed by atoms with Gasteiger partial charge in [-0.2, -0.15) is 0 Å². The van der Waals surface area contributed by atoms with Gasteiger partial charge in [0.15, 0.2) is 0 Å². The lowest BCUT2D eigenvalue weighted by atomic mass is 9.96. The summed E-state index contributed by atoms with van der Waals surface area (Å²) in [6, 6.07) is 7.03. The number of aryl methyl sites for hydroxylation is 1. The van der Waals surface area contributed by atoms with E-state index in [2.05, 4.69) is 5.32 Å². The second-order valence-electron chi connectivity index (χ2n) is 4.76. The van der Waals surface area contributed by atoms with Gasteiger partial charge < -0.3 is 5.32 Å². The van der Waals surface area contributed by atoms with Gasteiger partial charge in [-0.3, -0.25) is 0 Å². The van der Waals surface area contributed by atoms with Crippen molar-refractivity contribution in [1.29, 1.82) is 0 Å². The van der Waals surface area contributed by atoms with Crippen LogP contribution in [0, 0.1) is 18.6 Å². The molecule has 2 aromatic rings. The van der Waals surface area contributed by atoms with Crippen LogP contribution in [0.15, 0.2) is 30.3 Å². The van der Waals surface area contributed by atoms with Crippen molar-refractivity contribution in [3.8, 4) is 0 Å². The lowest BCUT2D eigenvalue weighted by Crippen LogP contribution is -2.24. The molecule has 21 heavy (non-hydrogen) atoms. The lowest BCUT2D eigenvalue weighted by molar-refractivity contribution is 0.506. The molecule has 2 aromatic carbocycles. The van der Waals surface area contributed by atoms with E-state index in [-0.39, 0.29) is 5.56 Å². The molecule has 0 saturated carbocycles. The fraction of sp³-hybridized carbons (Fsp3) is 0.250. The van der Waals surface area contributed by atoms with E-state index >= 15 is 0 Å². The first-order valence-corrected chi connectivity index (χ1v) is 7.34. The third-order valence-electron chi connectivity index (χ3n) is 3.29. The molecular formula is C16H15Cl2F2N. The normalized spacial score (nSPS) is 12.5. The van der Waals surface area contributed by atoms with E-state index in [1.54, 1.807) is 25.1 Å². The van der Waals surface area contributed by atoms with Gasteiger partial charge in [-0.25, -0.2) is 8.78 Å². The van der Waals surface area contributed by atoms with Crippen LogP contribution in [-0.4, -0.2) is 6.54 Å². The van der Waals surface area contributed by atoms with Gasteiger partial charge in [0.2, 0.25) is 0 Å². The minimum Gasteiger partial charge on any atom is -0.306 e. The molecule has 0 bridgehead atoms. The zero-order valence-corrected chi connectivity index (χ0v) is 13.2. The van der Waals surface area contributed by atoms with Crippen LogP contribution in [0.1, 0.15) is 29.7 Å². The van der Waals surface area contributed by atoms with Gasteiger partial charge in [0, 0.05) is 5.56 Å².